The molecule has 1 aliphatic carbocycles. The molecule has 0 spiro atoms. The summed E-state index contributed by atoms with van der Waals surface area (Å²) in [6.07, 6.45) is 2.40. The third-order valence-electron chi connectivity index (χ3n) is 2.32. The van der Waals surface area contributed by atoms with Gasteiger partial charge in [0, 0.05) is 11.1 Å². The van der Waals surface area contributed by atoms with E-state index in [2.05, 4.69) is 9.72 Å². The first-order valence-electron chi connectivity index (χ1n) is 5.07. The van der Waals surface area contributed by atoms with Gasteiger partial charge in [-0.1, -0.05) is 11.6 Å². The molecule has 5 heteroatoms. The monoisotopic (exact) mass is 241 g/mol. The minimum absolute atomic E-state index is 0.167. The van der Waals surface area contributed by atoms with E-state index in [1.807, 2.05) is 0 Å². The highest BCUT2D eigenvalue weighted by atomic mass is 35.5. The number of ether oxygens (including phenoxy) is 2. The average Bonchev–Trinajstić information content (AvgIpc) is 3.08. The molecule has 0 unspecified atom stereocenters. The van der Waals surface area contributed by atoms with Gasteiger partial charge in [0.2, 0.25) is 5.88 Å². The summed E-state index contributed by atoms with van der Waals surface area (Å²) in [4.78, 5) is 15.3. The van der Waals surface area contributed by atoms with Crippen molar-refractivity contribution < 1.29 is 14.3 Å². The van der Waals surface area contributed by atoms with Gasteiger partial charge in [0.15, 0.2) is 5.69 Å². The standard InChI is InChI=1S/C11H12ClNO3/c1-15-11(14)9-4-8(12)5-10(13-9)16-6-7-2-3-7/h4-5,7H,2-3,6H2,1H3. The van der Waals surface area contributed by atoms with Gasteiger partial charge in [0.05, 0.1) is 13.7 Å². The van der Waals surface area contributed by atoms with Crippen molar-refractivity contribution in [2.45, 2.75) is 12.8 Å². The maximum absolute atomic E-state index is 11.3. The van der Waals surface area contributed by atoms with Gasteiger partial charge in [0.25, 0.3) is 0 Å². The first-order valence-corrected chi connectivity index (χ1v) is 5.45. The molecule has 1 aromatic heterocycles. The molecule has 0 radical (unpaired) electrons. The quantitative estimate of drug-likeness (QED) is 0.759. The smallest absolute Gasteiger partial charge is 0.356 e. The fraction of sp³-hybridized carbons (Fsp3) is 0.455. The molecule has 86 valence electrons. The zero-order valence-corrected chi connectivity index (χ0v) is 9.66. The molecule has 0 bridgehead atoms. The first kappa shape index (κ1) is 11.2. The van der Waals surface area contributed by atoms with Crippen LogP contribution in [-0.4, -0.2) is 24.7 Å². The molecule has 0 aliphatic heterocycles. The van der Waals surface area contributed by atoms with E-state index in [1.165, 1.54) is 26.0 Å². The molecule has 0 N–H and O–H groups in total. The van der Waals surface area contributed by atoms with E-state index in [-0.39, 0.29) is 5.69 Å². The Hall–Kier alpha value is -1.29. The maximum atomic E-state index is 11.3. The number of carbonyl (C=O) groups excluding carboxylic acids is 1. The molecule has 1 saturated carbocycles. The number of rotatable bonds is 4. The lowest BCUT2D eigenvalue weighted by Gasteiger charge is -2.06. The minimum Gasteiger partial charge on any atom is -0.477 e. The van der Waals surface area contributed by atoms with Crippen LogP contribution in [0.4, 0.5) is 0 Å². The van der Waals surface area contributed by atoms with Gasteiger partial charge in [-0.15, -0.1) is 0 Å². The summed E-state index contributed by atoms with van der Waals surface area (Å²) >= 11 is 5.85. The third-order valence-corrected chi connectivity index (χ3v) is 2.54. The molecular weight excluding hydrogens is 230 g/mol. The molecule has 2 rings (SSSR count). The van der Waals surface area contributed by atoms with Gasteiger partial charge in [-0.3, -0.25) is 0 Å². The van der Waals surface area contributed by atoms with E-state index >= 15 is 0 Å². The molecule has 1 heterocycles. The molecular formula is C11H12ClNO3. The second kappa shape index (κ2) is 4.70. The molecule has 0 atom stereocenters. The molecule has 0 amide bonds. The number of carbonyl (C=O) groups is 1. The number of nitrogens with zero attached hydrogens (tertiary/aromatic N) is 1. The lowest BCUT2D eigenvalue weighted by Crippen LogP contribution is -2.07. The van der Waals surface area contributed by atoms with Gasteiger partial charge in [0.1, 0.15) is 0 Å². The molecule has 1 aliphatic rings. The Bertz CT molecular complexity index is 404. The van der Waals surface area contributed by atoms with Crippen LogP contribution in [0.25, 0.3) is 0 Å². The van der Waals surface area contributed by atoms with Crippen molar-refractivity contribution in [2.75, 3.05) is 13.7 Å². The zero-order valence-electron chi connectivity index (χ0n) is 8.90. The lowest BCUT2D eigenvalue weighted by molar-refractivity contribution is 0.0592. The van der Waals surface area contributed by atoms with Crippen molar-refractivity contribution in [3.63, 3.8) is 0 Å². The third kappa shape index (κ3) is 2.85. The predicted molar refractivity (Wildman–Crippen MR) is 58.8 cm³/mol. The normalized spacial score (nSPS) is 14.6. The predicted octanol–water partition coefficient (Wildman–Crippen LogP) is 2.31. The Morgan fingerprint density at radius 3 is 2.94 bits per heavy atom. The number of hydrogen-bond donors (Lipinski definition) is 0. The number of esters is 1. The fourth-order valence-electron chi connectivity index (χ4n) is 1.24. The van der Waals surface area contributed by atoms with Gasteiger partial charge >= 0.3 is 5.97 Å². The Kier molecular flexibility index (Phi) is 3.29. The maximum Gasteiger partial charge on any atom is 0.356 e. The molecule has 1 aromatic rings. The summed E-state index contributed by atoms with van der Waals surface area (Å²) in [7, 11) is 1.30. The summed E-state index contributed by atoms with van der Waals surface area (Å²) in [6.45, 7) is 0.633. The van der Waals surface area contributed by atoms with Crippen LogP contribution in [0.2, 0.25) is 5.02 Å². The largest absolute Gasteiger partial charge is 0.477 e. The Labute approximate surface area is 98.5 Å². The summed E-state index contributed by atoms with van der Waals surface area (Å²) in [5.74, 6) is 0.487. The number of hydrogen-bond acceptors (Lipinski definition) is 4. The van der Waals surface area contributed by atoms with Crippen molar-refractivity contribution in [1.29, 1.82) is 0 Å². The average molecular weight is 242 g/mol. The van der Waals surface area contributed by atoms with Crippen molar-refractivity contribution in [3.05, 3.63) is 22.8 Å². The van der Waals surface area contributed by atoms with Crippen LogP contribution in [0.5, 0.6) is 5.88 Å². The summed E-state index contributed by atoms with van der Waals surface area (Å²) in [6, 6.07) is 3.05. The van der Waals surface area contributed by atoms with E-state index in [9.17, 15) is 4.79 Å². The van der Waals surface area contributed by atoms with Crippen molar-refractivity contribution in [2.24, 2.45) is 5.92 Å². The number of methoxy groups -OCH3 is 1. The second-order valence-electron chi connectivity index (χ2n) is 3.75. The van der Waals surface area contributed by atoms with Gasteiger partial charge in [-0.25, -0.2) is 9.78 Å². The van der Waals surface area contributed by atoms with Crippen LogP contribution in [-0.2, 0) is 4.74 Å². The van der Waals surface area contributed by atoms with Crippen LogP contribution in [0, 0.1) is 5.92 Å². The molecule has 0 saturated heterocycles. The lowest BCUT2D eigenvalue weighted by atomic mass is 10.3. The highest BCUT2D eigenvalue weighted by Crippen LogP contribution is 2.29. The molecule has 16 heavy (non-hydrogen) atoms. The van der Waals surface area contributed by atoms with E-state index in [0.29, 0.717) is 23.4 Å². The molecule has 0 aromatic carbocycles. The van der Waals surface area contributed by atoms with Crippen LogP contribution in [0.3, 0.4) is 0 Å². The second-order valence-corrected chi connectivity index (χ2v) is 4.19. The van der Waals surface area contributed by atoms with E-state index in [1.54, 1.807) is 6.07 Å². The topological polar surface area (TPSA) is 48.4 Å². The SMILES string of the molecule is COC(=O)c1cc(Cl)cc(OCC2CC2)n1. The van der Waals surface area contributed by atoms with Crippen molar-refractivity contribution in [3.8, 4) is 5.88 Å². The van der Waals surface area contributed by atoms with E-state index in [0.717, 1.165) is 0 Å². The van der Waals surface area contributed by atoms with Gasteiger partial charge in [-0.05, 0) is 24.8 Å². The van der Waals surface area contributed by atoms with Crippen LogP contribution < -0.4 is 4.74 Å². The summed E-state index contributed by atoms with van der Waals surface area (Å²) < 4.78 is 10.0. The van der Waals surface area contributed by atoms with Crippen LogP contribution in [0.1, 0.15) is 23.3 Å². The highest BCUT2D eigenvalue weighted by molar-refractivity contribution is 6.31. The molecule has 4 nitrogen and oxygen atoms in total. The zero-order chi connectivity index (χ0) is 11.5. The first-order chi connectivity index (χ1) is 7.69. The van der Waals surface area contributed by atoms with Gasteiger partial charge in [-0.2, -0.15) is 0 Å². The Morgan fingerprint density at radius 2 is 2.31 bits per heavy atom. The summed E-state index contributed by atoms with van der Waals surface area (Å²) in [5.41, 5.74) is 0.167. The van der Waals surface area contributed by atoms with Crippen LogP contribution >= 0.6 is 11.6 Å². The Balaban J connectivity index is 2.10. The Morgan fingerprint density at radius 1 is 1.56 bits per heavy atom. The van der Waals surface area contributed by atoms with Crippen molar-refractivity contribution in [1.82, 2.24) is 4.98 Å². The van der Waals surface area contributed by atoms with E-state index < -0.39 is 5.97 Å². The molecule has 1 fully saturated rings. The van der Waals surface area contributed by atoms with Crippen LogP contribution in [0.15, 0.2) is 12.1 Å². The summed E-state index contributed by atoms with van der Waals surface area (Å²) in [5, 5.41) is 0.418. The van der Waals surface area contributed by atoms with Gasteiger partial charge < -0.3 is 9.47 Å². The highest BCUT2D eigenvalue weighted by Gasteiger charge is 2.22. The minimum atomic E-state index is -0.515. The fourth-order valence-corrected chi connectivity index (χ4v) is 1.44. The number of pyridine rings is 1. The number of aromatic nitrogens is 1. The number of halogens is 1. The van der Waals surface area contributed by atoms with E-state index in [4.69, 9.17) is 16.3 Å². The van der Waals surface area contributed by atoms with Crippen molar-refractivity contribution >= 4 is 17.6 Å².